The van der Waals surface area contributed by atoms with Gasteiger partial charge in [0.05, 0.1) is 0 Å². The molecule has 0 radical (unpaired) electrons. The lowest BCUT2D eigenvalue weighted by Crippen LogP contribution is -2.02. The van der Waals surface area contributed by atoms with E-state index in [9.17, 15) is 5.11 Å². The summed E-state index contributed by atoms with van der Waals surface area (Å²) in [5.74, 6) is 0. The van der Waals surface area contributed by atoms with Crippen molar-refractivity contribution in [3.63, 3.8) is 0 Å². The van der Waals surface area contributed by atoms with Crippen molar-refractivity contribution in [2.75, 3.05) is 0 Å². The average Bonchev–Trinajstić information content (AvgIpc) is 2.33. The molecule has 2 aromatic rings. The Balaban J connectivity index is 2.40. The van der Waals surface area contributed by atoms with Gasteiger partial charge >= 0.3 is 0 Å². The summed E-state index contributed by atoms with van der Waals surface area (Å²) in [5, 5.41) is 10.4. The molecule has 0 bridgehead atoms. The van der Waals surface area contributed by atoms with Crippen LogP contribution in [0.2, 0.25) is 0 Å². The highest BCUT2D eigenvalue weighted by molar-refractivity contribution is 14.1. The molecule has 0 saturated heterocycles. The molecular weight excluding hydrogens is 391 g/mol. The topological polar surface area (TPSA) is 20.2 Å². The van der Waals surface area contributed by atoms with Crippen molar-refractivity contribution in [3.05, 3.63) is 67.2 Å². The van der Waals surface area contributed by atoms with Crippen LogP contribution in [-0.2, 0) is 0 Å². The van der Waals surface area contributed by atoms with Gasteiger partial charge in [0.2, 0.25) is 0 Å². The summed E-state index contributed by atoms with van der Waals surface area (Å²) in [6.45, 7) is 2.06. The Kier molecular flexibility index (Phi) is 4.22. The number of halogens is 2. The molecule has 0 saturated carbocycles. The first-order valence-electron chi connectivity index (χ1n) is 5.28. The molecule has 2 rings (SSSR count). The van der Waals surface area contributed by atoms with Gasteiger partial charge in [-0.05, 0) is 58.3 Å². The minimum atomic E-state index is -0.560. The molecule has 0 aromatic heterocycles. The van der Waals surface area contributed by atoms with Gasteiger partial charge < -0.3 is 5.11 Å². The summed E-state index contributed by atoms with van der Waals surface area (Å²) in [6.07, 6.45) is -0.560. The quantitative estimate of drug-likeness (QED) is 0.736. The van der Waals surface area contributed by atoms with Gasteiger partial charge in [-0.1, -0.05) is 46.3 Å². The van der Waals surface area contributed by atoms with Gasteiger partial charge in [0.25, 0.3) is 0 Å². The van der Waals surface area contributed by atoms with Crippen molar-refractivity contribution in [1.82, 2.24) is 0 Å². The van der Waals surface area contributed by atoms with Crippen LogP contribution in [0, 0.1) is 10.5 Å². The van der Waals surface area contributed by atoms with Crippen molar-refractivity contribution in [2.45, 2.75) is 13.0 Å². The van der Waals surface area contributed by atoms with Crippen LogP contribution in [0.1, 0.15) is 22.8 Å². The third-order valence-electron chi connectivity index (χ3n) is 2.70. The molecule has 0 spiro atoms. The zero-order valence-corrected chi connectivity index (χ0v) is 13.1. The predicted octanol–water partition coefficient (Wildman–Crippen LogP) is 4.44. The van der Waals surface area contributed by atoms with E-state index in [1.54, 1.807) is 0 Å². The second kappa shape index (κ2) is 5.50. The Hall–Kier alpha value is -0.390. The van der Waals surface area contributed by atoms with Gasteiger partial charge in [-0.2, -0.15) is 0 Å². The first kappa shape index (κ1) is 13.1. The molecule has 1 unspecified atom stereocenters. The second-order valence-corrected chi connectivity index (χ2v) is 5.93. The summed E-state index contributed by atoms with van der Waals surface area (Å²) in [6, 6.07) is 13.8. The maximum Gasteiger partial charge on any atom is 0.105 e. The SMILES string of the molecule is Cc1cccc(C(O)c2ccc(Br)cc2)c1I. The van der Waals surface area contributed by atoms with Crippen LogP contribution >= 0.6 is 38.5 Å². The molecule has 1 atom stereocenters. The van der Waals surface area contributed by atoms with Crippen molar-refractivity contribution in [3.8, 4) is 0 Å². The van der Waals surface area contributed by atoms with Crippen LogP contribution < -0.4 is 0 Å². The molecule has 0 aliphatic rings. The molecule has 0 amide bonds. The molecular formula is C14H12BrIO. The molecule has 1 nitrogen and oxygen atoms in total. The van der Waals surface area contributed by atoms with E-state index in [1.165, 1.54) is 5.56 Å². The van der Waals surface area contributed by atoms with E-state index in [1.807, 2.05) is 36.4 Å². The molecule has 0 heterocycles. The first-order chi connectivity index (χ1) is 8.09. The van der Waals surface area contributed by atoms with Crippen LogP contribution in [-0.4, -0.2) is 5.11 Å². The standard InChI is InChI=1S/C14H12BrIO/c1-9-3-2-4-12(13(9)16)14(17)10-5-7-11(15)8-6-10/h2-8,14,17H,1H3. The van der Waals surface area contributed by atoms with Crippen molar-refractivity contribution in [2.24, 2.45) is 0 Å². The largest absolute Gasteiger partial charge is 0.384 e. The van der Waals surface area contributed by atoms with Crippen LogP contribution in [0.15, 0.2) is 46.9 Å². The summed E-state index contributed by atoms with van der Waals surface area (Å²) in [5.41, 5.74) is 3.07. The molecule has 0 fully saturated rings. The molecule has 17 heavy (non-hydrogen) atoms. The van der Waals surface area contributed by atoms with Gasteiger partial charge in [0.1, 0.15) is 6.10 Å². The molecule has 1 N–H and O–H groups in total. The Labute approximate surface area is 123 Å². The summed E-state index contributed by atoms with van der Waals surface area (Å²) in [7, 11) is 0. The van der Waals surface area contributed by atoms with E-state index in [0.717, 1.165) is 19.2 Å². The van der Waals surface area contributed by atoms with Crippen LogP contribution in [0.3, 0.4) is 0 Å². The second-order valence-electron chi connectivity index (χ2n) is 3.93. The summed E-state index contributed by atoms with van der Waals surface area (Å²) >= 11 is 5.68. The number of hydrogen-bond acceptors (Lipinski definition) is 1. The van der Waals surface area contributed by atoms with E-state index < -0.39 is 6.10 Å². The van der Waals surface area contributed by atoms with Crippen LogP contribution in [0.25, 0.3) is 0 Å². The van der Waals surface area contributed by atoms with Crippen LogP contribution in [0.5, 0.6) is 0 Å². The fraction of sp³-hybridized carbons (Fsp3) is 0.143. The maximum atomic E-state index is 10.4. The lowest BCUT2D eigenvalue weighted by atomic mass is 10.0. The Bertz CT molecular complexity index is 522. The normalized spacial score (nSPS) is 12.5. The minimum Gasteiger partial charge on any atom is -0.384 e. The van der Waals surface area contributed by atoms with E-state index in [2.05, 4.69) is 51.5 Å². The van der Waals surface area contributed by atoms with E-state index in [-0.39, 0.29) is 0 Å². The molecule has 2 aromatic carbocycles. The zero-order valence-electron chi connectivity index (χ0n) is 9.32. The number of hydrogen-bond donors (Lipinski definition) is 1. The number of aliphatic hydroxyl groups is 1. The molecule has 0 aliphatic heterocycles. The molecule has 3 heteroatoms. The average molecular weight is 403 g/mol. The van der Waals surface area contributed by atoms with E-state index >= 15 is 0 Å². The van der Waals surface area contributed by atoms with Crippen molar-refractivity contribution >= 4 is 38.5 Å². The minimum absolute atomic E-state index is 0.560. The Morgan fingerprint density at radius 2 is 1.76 bits per heavy atom. The highest BCUT2D eigenvalue weighted by atomic mass is 127. The third kappa shape index (κ3) is 2.89. The number of benzene rings is 2. The first-order valence-corrected chi connectivity index (χ1v) is 7.15. The lowest BCUT2D eigenvalue weighted by molar-refractivity contribution is 0.219. The Morgan fingerprint density at radius 1 is 1.12 bits per heavy atom. The van der Waals surface area contributed by atoms with E-state index in [4.69, 9.17) is 0 Å². The highest BCUT2D eigenvalue weighted by Gasteiger charge is 2.14. The number of aliphatic hydroxyl groups excluding tert-OH is 1. The van der Waals surface area contributed by atoms with Crippen LogP contribution in [0.4, 0.5) is 0 Å². The van der Waals surface area contributed by atoms with Crippen molar-refractivity contribution < 1.29 is 5.11 Å². The zero-order chi connectivity index (χ0) is 12.4. The van der Waals surface area contributed by atoms with Gasteiger partial charge in [-0.3, -0.25) is 0 Å². The monoisotopic (exact) mass is 402 g/mol. The van der Waals surface area contributed by atoms with E-state index in [0.29, 0.717) is 0 Å². The lowest BCUT2D eigenvalue weighted by Gasteiger charge is -2.14. The smallest absolute Gasteiger partial charge is 0.105 e. The summed E-state index contributed by atoms with van der Waals surface area (Å²) < 4.78 is 2.15. The molecule has 88 valence electrons. The third-order valence-corrected chi connectivity index (χ3v) is 4.70. The fourth-order valence-electron chi connectivity index (χ4n) is 1.71. The summed E-state index contributed by atoms with van der Waals surface area (Å²) in [4.78, 5) is 0. The van der Waals surface area contributed by atoms with Crippen molar-refractivity contribution in [1.29, 1.82) is 0 Å². The predicted molar refractivity (Wildman–Crippen MR) is 82.1 cm³/mol. The van der Waals surface area contributed by atoms with Gasteiger partial charge in [0, 0.05) is 8.04 Å². The Morgan fingerprint density at radius 3 is 2.41 bits per heavy atom. The number of aryl methyl sites for hydroxylation is 1. The molecule has 0 aliphatic carbocycles. The van der Waals surface area contributed by atoms with Gasteiger partial charge in [0.15, 0.2) is 0 Å². The van der Waals surface area contributed by atoms with Gasteiger partial charge in [-0.25, -0.2) is 0 Å². The van der Waals surface area contributed by atoms with Gasteiger partial charge in [-0.15, -0.1) is 0 Å². The number of rotatable bonds is 2. The highest BCUT2D eigenvalue weighted by Crippen LogP contribution is 2.28. The maximum absolute atomic E-state index is 10.4. The fourth-order valence-corrected chi connectivity index (χ4v) is 2.62.